The number of nitro benzene ring substituents is 1. The molecule has 7 heteroatoms. The van der Waals surface area contributed by atoms with E-state index in [1.807, 2.05) is 28.8 Å². The van der Waals surface area contributed by atoms with Crippen LogP contribution in [0.25, 0.3) is 22.4 Å². The monoisotopic (exact) mass is 435 g/mol. The average molecular weight is 436 g/mol. The zero-order valence-corrected chi connectivity index (χ0v) is 18.7. The fraction of sp³-hybridized carbons (Fsp3) is 0.440. The highest BCUT2D eigenvalue weighted by Crippen LogP contribution is 2.35. The summed E-state index contributed by atoms with van der Waals surface area (Å²) in [6, 6.07) is 13.9. The smallest absolute Gasteiger partial charge is 0.326 e. The van der Waals surface area contributed by atoms with Gasteiger partial charge in [-0.2, -0.15) is 0 Å². The van der Waals surface area contributed by atoms with Crippen LogP contribution in [0.4, 0.5) is 5.69 Å². The molecule has 32 heavy (non-hydrogen) atoms. The van der Waals surface area contributed by atoms with Crippen LogP contribution in [0.2, 0.25) is 0 Å². The Morgan fingerprint density at radius 1 is 1.19 bits per heavy atom. The van der Waals surface area contributed by atoms with E-state index >= 15 is 0 Å². The Labute approximate surface area is 187 Å². The fourth-order valence-electron chi connectivity index (χ4n) is 4.77. The average Bonchev–Trinajstić information content (AvgIpc) is 3.12. The maximum absolute atomic E-state index is 13.1. The largest absolute Gasteiger partial charge is 0.461 e. The summed E-state index contributed by atoms with van der Waals surface area (Å²) in [6.45, 7) is 6.64. The molecule has 4 rings (SSSR count). The van der Waals surface area contributed by atoms with Crippen molar-refractivity contribution in [3.63, 3.8) is 0 Å². The van der Waals surface area contributed by atoms with Crippen LogP contribution in [0.15, 0.2) is 48.5 Å². The van der Waals surface area contributed by atoms with Gasteiger partial charge in [0.25, 0.3) is 5.69 Å². The number of nitro groups is 1. The second-order valence-corrected chi connectivity index (χ2v) is 9.17. The van der Waals surface area contributed by atoms with Crippen molar-refractivity contribution < 1.29 is 14.5 Å². The van der Waals surface area contributed by atoms with Crippen molar-refractivity contribution in [1.82, 2.24) is 9.55 Å². The number of carbonyl (C=O) groups is 1. The molecular formula is C25H29N3O4. The maximum Gasteiger partial charge on any atom is 0.326 e. The van der Waals surface area contributed by atoms with Gasteiger partial charge in [-0.15, -0.1) is 0 Å². The molecule has 168 valence electrons. The highest BCUT2D eigenvalue weighted by Gasteiger charge is 2.33. The van der Waals surface area contributed by atoms with Crippen LogP contribution in [0.3, 0.4) is 0 Å². The van der Waals surface area contributed by atoms with Gasteiger partial charge in [0, 0.05) is 17.7 Å². The highest BCUT2D eigenvalue weighted by molar-refractivity contribution is 5.83. The molecule has 1 aliphatic rings. The first-order chi connectivity index (χ1) is 15.3. The third-order valence-electron chi connectivity index (χ3n) is 6.52. The lowest BCUT2D eigenvalue weighted by molar-refractivity contribution is -0.384. The standard InChI is InChI=1S/C25H29N3O4/c1-16(2)20-13-8-17(3)14-23(20)32-24(29)15-27-22-7-5-4-6-21(22)26-25(27)18-9-11-19(12-10-18)28(30)31/h4-7,9-12,16-17,20,23H,8,13-15H2,1-3H3/t17?,20-,23?/m0/s1. The van der Waals surface area contributed by atoms with Crippen molar-refractivity contribution in [2.45, 2.75) is 52.7 Å². The van der Waals surface area contributed by atoms with E-state index in [0.29, 0.717) is 29.1 Å². The van der Waals surface area contributed by atoms with Gasteiger partial charge >= 0.3 is 5.97 Å². The minimum absolute atomic E-state index is 0.0157. The molecule has 1 saturated carbocycles. The Kier molecular flexibility index (Phi) is 6.26. The van der Waals surface area contributed by atoms with E-state index in [1.54, 1.807) is 12.1 Å². The number of carbonyl (C=O) groups excluding carboxylic acids is 1. The third kappa shape index (κ3) is 4.52. The molecule has 0 N–H and O–H groups in total. The molecule has 7 nitrogen and oxygen atoms in total. The molecule has 1 aromatic heterocycles. The van der Waals surface area contributed by atoms with E-state index in [2.05, 4.69) is 20.8 Å². The summed E-state index contributed by atoms with van der Waals surface area (Å²) in [7, 11) is 0. The summed E-state index contributed by atoms with van der Waals surface area (Å²) in [6.07, 6.45) is 3.09. The first-order valence-corrected chi connectivity index (χ1v) is 11.2. The number of esters is 1. The molecular weight excluding hydrogens is 406 g/mol. The maximum atomic E-state index is 13.1. The van der Waals surface area contributed by atoms with Crippen molar-refractivity contribution >= 4 is 22.7 Å². The molecule has 0 radical (unpaired) electrons. The summed E-state index contributed by atoms with van der Waals surface area (Å²) in [5.41, 5.74) is 2.32. The van der Waals surface area contributed by atoms with E-state index in [-0.39, 0.29) is 24.3 Å². The molecule has 0 bridgehead atoms. The Morgan fingerprint density at radius 3 is 2.59 bits per heavy atom. The summed E-state index contributed by atoms with van der Waals surface area (Å²) >= 11 is 0. The van der Waals surface area contributed by atoms with Crippen LogP contribution in [-0.4, -0.2) is 26.5 Å². The van der Waals surface area contributed by atoms with Crippen LogP contribution in [-0.2, 0) is 16.1 Å². The Morgan fingerprint density at radius 2 is 1.91 bits per heavy atom. The molecule has 0 amide bonds. The molecule has 0 saturated heterocycles. The van der Waals surface area contributed by atoms with Crippen molar-refractivity contribution in [2.24, 2.45) is 17.8 Å². The van der Waals surface area contributed by atoms with Gasteiger partial charge in [-0.05, 0) is 54.9 Å². The van der Waals surface area contributed by atoms with Crippen molar-refractivity contribution in [3.8, 4) is 11.4 Å². The van der Waals surface area contributed by atoms with Crippen molar-refractivity contribution in [3.05, 3.63) is 58.6 Å². The summed E-state index contributed by atoms with van der Waals surface area (Å²) in [5.74, 6) is 1.71. The predicted molar refractivity (Wildman–Crippen MR) is 123 cm³/mol. The number of imidazole rings is 1. The second kappa shape index (κ2) is 9.10. The quantitative estimate of drug-likeness (QED) is 0.285. The van der Waals surface area contributed by atoms with E-state index in [1.165, 1.54) is 18.6 Å². The zero-order valence-electron chi connectivity index (χ0n) is 18.7. The normalized spacial score (nSPS) is 21.1. The molecule has 0 spiro atoms. The summed E-state index contributed by atoms with van der Waals surface area (Å²) in [5, 5.41) is 11.0. The van der Waals surface area contributed by atoms with Crippen LogP contribution in [0.5, 0.6) is 0 Å². The molecule has 1 aliphatic carbocycles. The number of non-ortho nitro benzene ring substituents is 1. The number of hydrogen-bond donors (Lipinski definition) is 0. The van der Waals surface area contributed by atoms with Crippen LogP contribution in [0, 0.1) is 27.9 Å². The minimum atomic E-state index is -0.430. The molecule has 3 atom stereocenters. The van der Waals surface area contributed by atoms with E-state index in [9.17, 15) is 14.9 Å². The number of para-hydroxylation sites is 2. The van der Waals surface area contributed by atoms with Crippen LogP contribution in [0.1, 0.15) is 40.0 Å². The van der Waals surface area contributed by atoms with E-state index < -0.39 is 4.92 Å². The van der Waals surface area contributed by atoms with E-state index in [0.717, 1.165) is 23.9 Å². The lowest BCUT2D eigenvalue weighted by atomic mass is 9.75. The topological polar surface area (TPSA) is 87.3 Å². The predicted octanol–water partition coefficient (Wildman–Crippen LogP) is 5.62. The summed E-state index contributed by atoms with van der Waals surface area (Å²) in [4.78, 5) is 28.3. The number of rotatable bonds is 6. The van der Waals surface area contributed by atoms with Gasteiger partial charge < -0.3 is 9.30 Å². The summed E-state index contributed by atoms with van der Waals surface area (Å²) < 4.78 is 7.87. The molecule has 2 unspecified atom stereocenters. The van der Waals surface area contributed by atoms with Gasteiger partial charge in [0.1, 0.15) is 18.5 Å². The molecule has 1 fully saturated rings. The van der Waals surface area contributed by atoms with Crippen molar-refractivity contribution in [1.29, 1.82) is 0 Å². The number of benzene rings is 2. The fourth-order valence-corrected chi connectivity index (χ4v) is 4.77. The number of ether oxygens (including phenoxy) is 1. The minimum Gasteiger partial charge on any atom is -0.461 e. The zero-order chi connectivity index (χ0) is 22.8. The molecule has 3 aromatic rings. The first kappa shape index (κ1) is 22.0. The second-order valence-electron chi connectivity index (χ2n) is 9.17. The van der Waals surface area contributed by atoms with Gasteiger partial charge in [-0.1, -0.05) is 39.3 Å². The van der Waals surface area contributed by atoms with Crippen LogP contribution >= 0.6 is 0 Å². The molecule has 2 aromatic carbocycles. The van der Waals surface area contributed by atoms with Gasteiger partial charge in [0.15, 0.2) is 0 Å². The highest BCUT2D eigenvalue weighted by atomic mass is 16.6. The van der Waals surface area contributed by atoms with Gasteiger partial charge in [0.2, 0.25) is 0 Å². The molecule has 1 heterocycles. The van der Waals surface area contributed by atoms with Gasteiger partial charge in [0.05, 0.1) is 16.0 Å². The van der Waals surface area contributed by atoms with Gasteiger partial charge in [-0.25, -0.2) is 4.98 Å². The van der Waals surface area contributed by atoms with Crippen LogP contribution < -0.4 is 0 Å². The van der Waals surface area contributed by atoms with Crippen molar-refractivity contribution in [2.75, 3.05) is 0 Å². The Hall–Kier alpha value is -3.22. The molecule has 0 aliphatic heterocycles. The third-order valence-corrected chi connectivity index (χ3v) is 6.52. The van der Waals surface area contributed by atoms with E-state index in [4.69, 9.17) is 9.72 Å². The van der Waals surface area contributed by atoms with Gasteiger partial charge in [-0.3, -0.25) is 14.9 Å². The number of nitrogens with zero attached hydrogens (tertiary/aromatic N) is 3. The number of hydrogen-bond acceptors (Lipinski definition) is 5. The Bertz CT molecular complexity index is 1120. The first-order valence-electron chi connectivity index (χ1n) is 11.2. The lowest BCUT2D eigenvalue weighted by Gasteiger charge is -2.36. The Balaban J connectivity index is 1.62. The lowest BCUT2D eigenvalue weighted by Crippen LogP contribution is -2.36. The SMILES string of the molecule is CC1CC[C@@H](C(C)C)C(OC(=O)Cn2c(-c3ccc([N+](=O)[O-])cc3)nc3ccccc32)C1. The number of fused-ring (bicyclic) bond motifs is 1. The number of aromatic nitrogens is 2.